The molecule has 0 aliphatic carbocycles. The molecule has 1 rings (SSSR count). The summed E-state index contributed by atoms with van der Waals surface area (Å²) in [5.41, 5.74) is 6.08. The lowest BCUT2D eigenvalue weighted by atomic mass is 10.2. The molecule has 1 aromatic rings. The number of rotatable bonds is 5. The Labute approximate surface area is 83.1 Å². The Morgan fingerprint density at radius 2 is 2.50 bits per heavy atom. The molecule has 1 amide bonds. The first-order valence-electron chi connectivity index (χ1n) is 4.60. The lowest BCUT2D eigenvalue weighted by molar-refractivity contribution is -0.118. The molecule has 0 fully saturated rings. The Morgan fingerprint density at radius 1 is 1.79 bits per heavy atom. The lowest BCUT2D eigenvalue weighted by Crippen LogP contribution is -2.30. The van der Waals surface area contributed by atoms with Gasteiger partial charge in [0.2, 0.25) is 5.91 Å². The number of carbonyl (C=O) groups excluding carboxylic acids is 1. The number of nitrogens with one attached hydrogen (secondary N) is 2. The number of aromatic amines is 1. The highest BCUT2D eigenvalue weighted by molar-refractivity contribution is 5.74. The van der Waals surface area contributed by atoms with Gasteiger partial charge in [0, 0.05) is 30.9 Å². The second kappa shape index (κ2) is 4.76. The van der Waals surface area contributed by atoms with Crippen LogP contribution in [0.1, 0.15) is 24.9 Å². The van der Waals surface area contributed by atoms with Crippen molar-refractivity contribution in [2.24, 2.45) is 5.73 Å². The third-order valence-corrected chi connectivity index (χ3v) is 1.90. The third kappa shape index (κ3) is 3.57. The van der Waals surface area contributed by atoms with E-state index in [1.54, 1.807) is 6.20 Å². The fourth-order valence-electron chi connectivity index (χ4n) is 1.22. The van der Waals surface area contributed by atoms with Crippen LogP contribution in [0.2, 0.25) is 0 Å². The predicted octanol–water partition coefficient (Wildman–Crippen LogP) is 0.0716. The van der Waals surface area contributed by atoms with E-state index in [1.807, 2.05) is 13.8 Å². The molecule has 1 heterocycles. The van der Waals surface area contributed by atoms with Crippen LogP contribution in [0, 0.1) is 6.92 Å². The number of carbonyl (C=O) groups is 1. The van der Waals surface area contributed by atoms with Crippen molar-refractivity contribution in [2.45, 2.75) is 32.9 Å². The topological polar surface area (TPSA) is 83.8 Å². The van der Waals surface area contributed by atoms with Crippen molar-refractivity contribution >= 4 is 5.91 Å². The molecule has 0 radical (unpaired) electrons. The number of aryl methyl sites for hydroxylation is 1. The predicted molar refractivity (Wildman–Crippen MR) is 53.4 cm³/mol. The van der Waals surface area contributed by atoms with Crippen molar-refractivity contribution < 1.29 is 4.79 Å². The minimum Gasteiger partial charge on any atom is -0.370 e. The van der Waals surface area contributed by atoms with Gasteiger partial charge in [-0.05, 0) is 13.8 Å². The second-order valence-corrected chi connectivity index (χ2v) is 3.45. The van der Waals surface area contributed by atoms with Crippen LogP contribution in [0.5, 0.6) is 0 Å². The highest BCUT2D eigenvalue weighted by atomic mass is 16.1. The number of hydrogen-bond donors (Lipinski definition) is 3. The Bertz CT molecular complexity index is 308. The average Bonchev–Trinajstić information content (AvgIpc) is 2.47. The molecule has 5 heteroatoms. The summed E-state index contributed by atoms with van der Waals surface area (Å²) in [6.45, 7) is 4.50. The molecule has 4 N–H and O–H groups in total. The summed E-state index contributed by atoms with van der Waals surface area (Å²) in [5, 5.41) is 3.17. The molecule has 14 heavy (non-hydrogen) atoms. The molecule has 0 aliphatic heterocycles. The van der Waals surface area contributed by atoms with Gasteiger partial charge in [0.1, 0.15) is 5.82 Å². The van der Waals surface area contributed by atoms with Gasteiger partial charge in [-0.25, -0.2) is 4.98 Å². The molecular weight excluding hydrogens is 180 g/mol. The molecule has 0 aromatic carbocycles. The molecule has 0 aliphatic rings. The van der Waals surface area contributed by atoms with Crippen molar-refractivity contribution in [3.05, 3.63) is 17.7 Å². The maximum Gasteiger partial charge on any atom is 0.218 e. The Morgan fingerprint density at radius 3 is 3.00 bits per heavy atom. The van der Waals surface area contributed by atoms with Crippen LogP contribution in [0.4, 0.5) is 0 Å². The van der Waals surface area contributed by atoms with E-state index in [0.29, 0.717) is 13.0 Å². The number of hydrogen-bond acceptors (Lipinski definition) is 3. The fraction of sp³-hybridized carbons (Fsp3) is 0.556. The normalized spacial score (nSPS) is 12.7. The van der Waals surface area contributed by atoms with E-state index in [9.17, 15) is 4.79 Å². The van der Waals surface area contributed by atoms with Gasteiger partial charge in [-0.15, -0.1) is 0 Å². The molecule has 0 saturated heterocycles. The van der Waals surface area contributed by atoms with Gasteiger partial charge in [-0.1, -0.05) is 0 Å². The first-order valence-corrected chi connectivity index (χ1v) is 4.60. The van der Waals surface area contributed by atoms with Gasteiger partial charge in [0.25, 0.3) is 0 Å². The van der Waals surface area contributed by atoms with Crippen LogP contribution in [-0.2, 0) is 11.3 Å². The van der Waals surface area contributed by atoms with E-state index in [0.717, 1.165) is 11.5 Å². The van der Waals surface area contributed by atoms with Gasteiger partial charge in [0.15, 0.2) is 0 Å². The molecule has 1 atom stereocenters. The Balaban J connectivity index is 2.30. The zero-order valence-corrected chi connectivity index (χ0v) is 8.50. The monoisotopic (exact) mass is 196 g/mol. The molecule has 5 nitrogen and oxygen atoms in total. The van der Waals surface area contributed by atoms with Gasteiger partial charge in [-0.2, -0.15) is 0 Å². The van der Waals surface area contributed by atoms with Crippen LogP contribution in [0.15, 0.2) is 6.20 Å². The summed E-state index contributed by atoms with van der Waals surface area (Å²) in [4.78, 5) is 17.8. The van der Waals surface area contributed by atoms with Crippen molar-refractivity contribution in [3.63, 3.8) is 0 Å². The van der Waals surface area contributed by atoms with Crippen molar-refractivity contribution in [1.29, 1.82) is 0 Å². The van der Waals surface area contributed by atoms with Gasteiger partial charge >= 0.3 is 0 Å². The van der Waals surface area contributed by atoms with E-state index in [4.69, 9.17) is 5.73 Å². The van der Waals surface area contributed by atoms with Crippen molar-refractivity contribution in [2.75, 3.05) is 0 Å². The maximum absolute atomic E-state index is 10.6. The van der Waals surface area contributed by atoms with E-state index in [2.05, 4.69) is 15.3 Å². The molecular formula is C9H16N4O. The van der Waals surface area contributed by atoms with Crippen molar-refractivity contribution in [3.8, 4) is 0 Å². The first-order chi connectivity index (χ1) is 6.58. The summed E-state index contributed by atoms with van der Waals surface area (Å²) >= 11 is 0. The minimum absolute atomic E-state index is 0.0936. The van der Waals surface area contributed by atoms with Gasteiger partial charge in [0.05, 0.1) is 0 Å². The van der Waals surface area contributed by atoms with E-state index in [-0.39, 0.29) is 11.9 Å². The maximum atomic E-state index is 10.6. The van der Waals surface area contributed by atoms with Crippen LogP contribution in [0.25, 0.3) is 0 Å². The van der Waals surface area contributed by atoms with E-state index >= 15 is 0 Å². The summed E-state index contributed by atoms with van der Waals surface area (Å²) in [6.07, 6.45) is 2.13. The average molecular weight is 196 g/mol. The van der Waals surface area contributed by atoms with E-state index in [1.165, 1.54) is 0 Å². The molecule has 78 valence electrons. The van der Waals surface area contributed by atoms with Crippen LogP contribution in [-0.4, -0.2) is 21.9 Å². The molecule has 0 spiro atoms. The van der Waals surface area contributed by atoms with Gasteiger partial charge < -0.3 is 16.0 Å². The summed E-state index contributed by atoms with van der Waals surface area (Å²) < 4.78 is 0. The number of imidazole rings is 1. The van der Waals surface area contributed by atoms with Crippen molar-refractivity contribution in [1.82, 2.24) is 15.3 Å². The SMILES string of the molecule is Cc1ncc(CNC(C)CC(N)=O)[nH]1. The number of aromatic nitrogens is 2. The van der Waals surface area contributed by atoms with Crippen LogP contribution >= 0.6 is 0 Å². The largest absolute Gasteiger partial charge is 0.370 e. The second-order valence-electron chi connectivity index (χ2n) is 3.45. The Hall–Kier alpha value is -1.36. The minimum atomic E-state index is -0.286. The quantitative estimate of drug-likeness (QED) is 0.623. The molecule has 0 bridgehead atoms. The van der Waals surface area contributed by atoms with E-state index < -0.39 is 0 Å². The smallest absolute Gasteiger partial charge is 0.218 e. The number of primary amides is 1. The Kier molecular flexibility index (Phi) is 3.64. The van der Waals surface area contributed by atoms with Crippen LogP contribution in [0.3, 0.4) is 0 Å². The first kappa shape index (κ1) is 10.7. The number of amides is 1. The molecule has 1 aromatic heterocycles. The highest BCUT2D eigenvalue weighted by Crippen LogP contribution is 1.97. The standard InChI is InChI=1S/C9H16N4O/c1-6(3-9(10)14)11-4-8-5-12-7(2)13-8/h5-6,11H,3-4H2,1-2H3,(H2,10,14)(H,12,13). The fourth-order valence-corrected chi connectivity index (χ4v) is 1.22. The molecule has 1 unspecified atom stereocenters. The third-order valence-electron chi connectivity index (χ3n) is 1.90. The molecule has 0 saturated carbocycles. The summed E-state index contributed by atoms with van der Waals surface area (Å²) in [7, 11) is 0. The lowest BCUT2D eigenvalue weighted by Gasteiger charge is -2.10. The number of nitrogens with two attached hydrogens (primary N) is 1. The van der Waals surface area contributed by atoms with Crippen LogP contribution < -0.4 is 11.1 Å². The highest BCUT2D eigenvalue weighted by Gasteiger charge is 2.05. The van der Waals surface area contributed by atoms with Gasteiger partial charge in [-0.3, -0.25) is 4.79 Å². The summed E-state index contributed by atoms with van der Waals surface area (Å²) in [6, 6.07) is 0.0936. The summed E-state index contributed by atoms with van der Waals surface area (Å²) in [5.74, 6) is 0.607. The zero-order chi connectivity index (χ0) is 10.6. The zero-order valence-electron chi connectivity index (χ0n) is 8.50. The number of nitrogens with zero attached hydrogens (tertiary/aromatic N) is 1. The number of H-pyrrole nitrogens is 1.